The van der Waals surface area contributed by atoms with Gasteiger partial charge in [0.15, 0.2) is 0 Å². The van der Waals surface area contributed by atoms with Crippen molar-refractivity contribution in [2.24, 2.45) is 5.92 Å². The van der Waals surface area contributed by atoms with Crippen LogP contribution in [0.2, 0.25) is 0 Å². The summed E-state index contributed by atoms with van der Waals surface area (Å²) in [5.74, 6) is 0.360. The van der Waals surface area contributed by atoms with Crippen LogP contribution in [0.3, 0.4) is 0 Å². The van der Waals surface area contributed by atoms with Crippen molar-refractivity contribution in [3.05, 3.63) is 108 Å². The molecule has 0 heterocycles. The second-order valence-corrected chi connectivity index (χ2v) is 6.91. The predicted octanol–water partition coefficient (Wildman–Crippen LogP) is 5.27. The minimum atomic E-state index is -0.0267. The van der Waals surface area contributed by atoms with Crippen LogP contribution in [0.5, 0.6) is 0 Å². The molecule has 1 atom stereocenters. The summed E-state index contributed by atoms with van der Waals surface area (Å²) in [5, 5.41) is 3.29. The maximum absolute atomic E-state index is 12.8. The first-order valence-corrected chi connectivity index (χ1v) is 9.12. The van der Waals surface area contributed by atoms with E-state index < -0.39 is 0 Å². The van der Waals surface area contributed by atoms with E-state index in [4.69, 9.17) is 0 Å². The van der Waals surface area contributed by atoms with Gasteiger partial charge >= 0.3 is 0 Å². The number of nitrogens with one attached hydrogen (secondary N) is 1. The Morgan fingerprint density at radius 2 is 1.12 bits per heavy atom. The highest BCUT2D eigenvalue weighted by Gasteiger charge is 2.29. The van der Waals surface area contributed by atoms with Gasteiger partial charge in [0.05, 0.1) is 0 Å². The lowest BCUT2D eigenvalue weighted by molar-refractivity contribution is 0.0921. The van der Waals surface area contributed by atoms with E-state index in [0.717, 1.165) is 0 Å². The van der Waals surface area contributed by atoms with Crippen LogP contribution < -0.4 is 5.32 Å². The van der Waals surface area contributed by atoms with E-state index in [0.29, 0.717) is 5.56 Å². The molecule has 0 fully saturated rings. The highest BCUT2D eigenvalue weighted by Crippen LogP contribution is 2.31. The number of hydrogen-bond acceptors (Lipinski definition) is 1. The van der Waals surface area contributed by atoms with E-state index in [1.807, 2.05) is 42.5 Å². The first kappa shape index (κ1) is 17.9. The molecule has 0 aliphatic carbocycles. The normalized spacial score (nSPS) is 12.2. The summed E-state index contributed by atoms with van der Waals surface area (Å²) in [6.07, 6.45) is 0. The zero-order chi connectivity index (χ0) is 18.4. The molecule has 0 aliphatic heterocycles. The molecule has 0 aromatic heterocycles. The lowest BCUT2D eigenvalue weighted by Crippen LogP contribution is -2.43. The first-order valence-electron chi connectivity index (χ1n) is 9.12. The predicted molar refractivity (Wildman–Crippen MR) is 107 cm³/mol. The number of carbonyl (C=O) groups excluding carboxylic acids is 1. The molecule has 0 saturated heterocycles. The van der Waals surface area contributed by atoms with Crippen LogP contribution in [0.25, 0.3) is 0 Å². The molecular formula is C24H25NO. The Kier molecular flexibility index (Phi) is 5.85. The van der Waals surface area contributed by atoms with Gasteiger partial charge in [0.25, 0.3) is 5.91 Å². The number of carbonyl (C=O) groups is 1. The number of amides is 1. The molecule has 26 heavy (non-hydrogen) atoms. The molecule has 1 amide bonds. The van der Waals surface area contributed by atoms with Crippen molar-refractivity contribution in [1.82, 2.24) is 5.32 Å². The highest BCUT2D eigenvalue weighted by molar-refractivity contribution is 5.94. The van der Waals surface area contributed by atoms with Crippen LogP contribution in [0, 0.1) is 5.92 Å². The Balaban J connectivity index is 1.97. The van der Waals surface area contributed by atoms with Gasteiger partial charge in [-0.25, -0.2) is 0 Å². The third kappa shape index (κ3) is 4.20. The van der Waals surface area contributed by atoms with Crippen molar-refractivity contribution >= 4 is 5.91 Å². The van der Waals surface area contributed by atoms with E-state index >= 15 is 0 Å². The van der Waals surface area contributed by atoms with Crippen LogP contribution in [0.4, 0.5) is 0 Å². The van der Waals surface area contributed by atoms with Gasteiger partial charge < -0.3 is 5.32 Å². The summed E-state index contributed by atoms with van der Waals surface area (Å²) in [5.41, 5.74) is 3.12. The van der Waals surface area contributed by atoms with E-state index in [2.05, 4.69) is 67.7 Å². The summed E-state index contributed by atoms with van der Waals surface area (Å²) >= 11 is 0. The molecule has 0 unspecified atom stereocenters. The van der Waals surface area contributed by atoms with Gasteiger partial charge in [-0.05, 0) is 29.2 Å². The van der Waals surface area contributed by atoms with Crippen molar-refractivity contribution in [2.45, 2.75) is 25.8 Å². The van der Waals surface area contributed by atoms with Crippen molar-refractivity contribution < 1.29 is 4.79 Å². The molecule has 3 aromatic rings. The van der Waals surface area contributed by atoms with Crippen LogP contribution in [-0.2, 0) is 0 Å². The summed E-state index contributed by atoms with van der Waals surface area (Å²) in [7, 11) is 0. The Morgan fingerprint density at radius 1 is 0.692 bits per heavy atom. The topological polar surface area (TPSA) is 29.1 Å². The van der Waals surface area contributed by atoms with Gasteiger partial charge in [-0.15, -0.1) is 0 Å². The van der Waals surface area contributed by atoms with E-state index in [-0.39, 0.29) is 23.8 Å². The molecule has 0 bridgehead atoms. The Bertz CT molecular complexity index is 773. The minimum Gasteiger partial charge on any atom is -0.348 e. The van der Waals surface area contributed by atoms with Crippen molar-refractivity contribution in [1.29, 1.82) is 0 Å². The smallest absolute Gasteiger partial charge is 0.251 e. The van der Waals surface area contributed by atoms with E-state index in [1.165, 1.54) is 11.1 Å². The fraction of sp³-hybridized carbons (Fsp3) is 0.208. The van der Waals surface area contributed by atoms with Gasteiger partial charge in [-0.1, -0.05) is 92.7 Å². The second-order valence-electron chi connectivity index (χ2n) is 6.91. The zero-order valence-electron chi connectivity index (χ0n) is 15.3. The molecule has 2 heteroatoms. The van der Waals surface area contributed by atoms with Crippen LogP contribution in [0.15, 0.2) is 91.0 Å². The van der Waals surface area contributed by atoms with Gasteiger partial charge in [0, 0.05) is 17.5 Å². The molecule has 1 N–H and O–H groups in total. The fourth-order valence-corrected chi connectivity index (χ4v) is 3.39. The van der Waals surface area contributed by atoms with Crippen LogP contribution >= 0.6 is 0 Å². The third-order valence-corrected chi connectivity index (χ3v) is 4.73. The lowest BCUT2D eigenvalue weighted by Gasteiger charge is -2.32. The SMILES string of the molecule is CC(C)[C@H](NC(=O)c1ccccc1)C(c1ccccc1)c1ccccc1. The molecule has 0 aliphatic rings. The molecule has 0 spiro atoms. The van der Waals surface area contributed by atoms with Gasteiger partial charge in [-0.2, -0.15) is 0 Å². The summed E-state index contributed by atoms with van der Waals surface area (Å²) in [6.45, 7) is 4.32. The maximum Gasteiger partial charge on any atom is 0.251 e. The second kappa shape index (κ2) is 8.48. The molecule has 2 nitrogen and oxygen atoms in total. The minimum absolute atomic E-state index is 0.00694. The fourth-order valence-electron chi connectivity index (χ4n) is 3.39. The Morgan fingerprint density at radius 3 is 1.54 bits per heavy atom. The third-order valence-electron chi connectivity index (χ3n) is 4.73. The molecule has 0 saturated carbocycles. The summed E-state index contributed by atoms with van der Waals surface area (Å²) < 4.78 is 0. The summed E-state index contributed by atoms with van der Waals surface area (Å²) in [4.78, 5) is 12.8. The number of rotatable bonds is 6. The molecule has 132 valence electrons. The summed E-state index contributed by atoms with van der Waals surface area (Å²) in [6, 6.07) is 30.3. The number of hydrogen-bond donors (Lipinski definition) is 1. The van der Waals surface area contributed by atoms with Crippen LogP contribution in [0.1, 0.15) is 41.3 Å². The van der Waals surface area contributed by atoms with Crippen molar-refractivity contribution in [2.75, 3.05) is 0 Å². The zero-order valence-corrected chi connectivity index (χ0v) is 15.3. The highest BCUT2D eigenvalue weighted by atomic mass is 16.1. The molecule has 3 rings (SSSR count). The van der Waals surface area contributed by atoms with Crippen molar-refractivity contribution in [3.8, 4) is 0 Å². The Hall–Kier alpha value is -2.87. The maximum atomic E-state index is 12.8. The van der Waals surface area contributed by atoms with E-state index in [1.54, 1.807) is 0 Å². The van der Waals surface area contributed by atoms with E-state index in [9.17, 15) is 4.79 Å². The average Bonchev–Trinajstić information content (AvgIpc) is 2.69. The first-order chi connectivity index (χ1) is 12.7. The standard InChI is InChI=1S/C24H25NO/c1-18(2)23(25-24(26)21-16-10-5-11-17-21)22(19-12-6-3-7-13-19)20-14-8-4-9-15-20/h3-18,22-23H,1-2H3,(H,25,26)/t23-/m0/s1. The molecular weight excluding hydrogens is 318 g/mol. The number of benzene rings is 3. The largest absolute Gasteiger partial charge is 0.348 e. The van der Waals surface area contributed by atoms with Crippen LogP contribution in [-0.4, -0.2) is 11.9 Å². The quantitative estimate of drug-likeness (QED) is 0.649. The lowest BCUT2D eigenvalue weighted by atomic mass is 9.80. The van der Waals surface area contributed by atoms with Crippen molar-refractivity contribution in [3.63, 3.8) is 0 Å². The monoisotopic (exact) mass is 343 g/mol. The van der Waals surface area contributed by atoms with Gasteiger partial charge in [0.2, 0.25) is 0 Å². The molecule has 3 aromatic carbocycles. The average molecular weight is 343 g/mol. The van der Waals surface area contributed by atoms with Gasteiger partial charge in [-0.3, -0.25) is 4.79 Å². The molecule has 0 radical (unpaired) electrons. The Labute approximate surface area is 155 Å². The van der Waals surface area contributed by atoms with Gasteiger partial charge in [0.1, 0.15) is 0 Å².